The monoisotopic (exact) mass is 151 g/mol. The smallest absolute Gasteiger partial charge is 0.0921 e. The molecule has 1 saturated carbocycles. The standard InChI is InChI=1S/C7H9N3O/c11-10-2-5-1-6(5)7-3-8-4-9-7/h2-6,11H,1H2,(H,8,9)/b10-2+. The Morgan fingerprint density at radius 3 is 3.36 bits per heavy atom. The Labute approximate surface area is 64.0 Å². The van der Waals surface area contributed by atoms with Crippen molar-refractivity contribution in [2.45, 2.75) is 12.3 Å². The molecule has 0 aliphatic heterocycles. The summed E-state index contributed by atoms with van der Waals surface area (Å²) >= 11 is 0. The third-order valence-corrected chi connectivity index (χ3v) is 2.02. The van der Waals surface area contributed by atoms with E-state index in [1.807, 2.05) is 6.20 Å². The van der Waals surface area contributed by atoms with Crippen LogP contribution >= 0.6 is 0 Å². The van der Waals surface area contributed by atoms with Gasteiger partial charge in [-0.3, -0.25) is 0 Å². The van der Waals surface area contributed by atoms with Crippen molar-refractivity contribution in [3.63, 3.8) is 0 Å². The lowest BCUT2D eigenvalue weighted by atomic mass is 10.3. The molecule has 0 radical (unpaired) electrons. The predicted octanol–water partition coefficient (Wildman–Crippen LogP) is 0.973. The highest BCUT2D eigenvalue weighted by Gasteiger charge is 2.38. The van der Waals surface area contributed by atoms with Gasteiger partial charge >= 0.3 is 0 Å². The van der Waals surface area contributed by atoms with Gasteiger partial charge in [-0.15, -0.1) is 5.16 Å². The van der Waals surface area contributed by atoms with Gasteiger partial charge in [0.2, 0.25) is 0 Å². The van der Waals surface area contributed by atoms with E-state index >= 15 is 0 Å². The molecule has 58 valence electrons. The zero-order valence-corrected chi connectivity index (χ0v) is 5.94. The highest BCUT2D eigenvalue weighted by atomic mass is 16.4. The van der Waals surface area contributed by atoms with Crippen molar-refractivity contribution >= 4 is 6.21 Å². The van der Waals surface area contributed by atoms with Crippen LogP contribution in [0, 0.1) is 5.92 Å². The van der Waals surface area contributed by atoms with Gasteiger partial charge in [0.05, 0.1) is 6.33 Å². The molecular formula is C7H9N3O. The molecule has 1 aliphatic rings. The van der Waals surface area contributed by atoms with Gasteiger partial charge in [0.15, 0.2) is 0 Å². The average Bonchev–Trinajstić information content (AvgIpc) is 2.61. The van der Waals surface area contributed by atoms with Gasteiger partial charge in [-0.2, -0.15) is 0 Å². The highest BCUT2D eigenvalue weighted by Crippen LogP contribution is 2.44. The van der Waals surface area contributed by atoms with E-state index in [4.69, 9.17) is 5.21 Å². The Balaban J connectivity index is 2.02. The first-order chi connectivity index (χ1) is 5.42. The van der Waals surface area contributed by atoms with Crippen molar-refractivity contribution in [3.8, 4) is 0 Å². The van der Waals surface area contributed by atoms with Crippen LogP contribution in [-0.2, 0) is 0 Å². The summed E-state index contributed by atoms with van der Waals surface area (Å²) < 4.78 is 0. The van der Waals surface area contributed by atoms with Crippen LogP contribution in [0.15, 0.2) is 17.7 Å². The average molecular weight is 151 g/mol. The fraction of sp³-hybridized carbons (Fsp3) is 0.429. The lowest BCUT2D eigenvalue weighted by Crippen LogP contribution is -1.83. The number of hydrogen-bond donors (Lipinski definition) is 2. The number of imidazole rings is 1. The molecule has 1 aromatic heterocycles. The summed E-state index contributed by atoms with van der Waals surface area (Å²) in [6.45, 7) is 0. The molecule has 0 saturated heterocycles. The van der Waals surface area contributed by atoms with Crippen LogP contribution in [0.3, 0.4) is 0 Å². The van der Waals surface area contributed by atoms with E-state index in [1.54, 1.807) is 12.5 Å². The van der Waals surface area contributed by atoms with Gasteiger partial charge in [0, 0.05) is 29.9 Å². The summed E-state index contributed by atoms with van der Waals surface area (Å²) in [5.41, 5.74) is 1.13. The Bertz CT molecular complexity index is 255. The summed E-state index contributed by atoms with van der Waals surface area (Å²) in [7, 11) is 0. The maximum atomic E-state index is 8.24. The number of aromatic nitrogens is 2. The predicted molar refractivity (Wildman–Crippen MR) is 39.7 cm³/mol. The fourth-order valence-corrected chi connectivity index (χ4v) is 1.29. The molecular weight excluding hydrogens is 142 g/mol. The minimum atomic E-state index is 0.403. The Kier molecular flexibility index (Phi) is 1.38. The lowest BCUT2D eigenvalue weighted by molar-refractivity contribution is 0.320. The Morgan fingerprint density at radius 1 is 1.82 bits per heavy atom. The molecule has 1 fully saturated rings. The first-order valence-electron chi connectivity index (χ1n) is 3.57. The van der Waals surface area contributed by atoms with Crippen LogP contribution in [0.2, 0.25) is 0 Å². The van der Waals surface area contributed by atoms with Crippen molar-refractivity contribution in [1.29, 1.82) is 0 Å². The van der Waals surface area contributed by atoms with Crippen molar-refractivity contribution < 1.29 is 5.21 Å². The van der Waals surface area contributed by atoms with Crippen molar-refractivity contribution in [2.75, 3.05) is 0 Å². The van der Waals surface area contributed by atoms with Gasteiger partial charge in [-0.1, -0.05) is 0 Å². The van der Waals surface area contributed by atoms with Crippen molar-refractivity contribution in [1.82, 2.24) is 9.97 Å². The minimum absolute atomic E-state index is 0.403. The molecule has 0 bridgehead atoms. The number of oxime groups is 1. The molecule has 0 aromatic carbocycles. The Morgan fingerprint density at radius 2 is 2.73 bits per heavy atom. The zero-order valence-electron chi connectivity index (χ0n) is 5.94. The van der Waals surface area contributed by atoms with Gasteiger partial charge in [0.25, 0.3) is 0 Å². The topological polar surface area (TPSA) is 61.3 Å². The molecule has 1 heterocycles. The molecule has 1 aromatic rings. The summed E-state index contributed by atoms with van der Waals surface area (Å²) in [4.78, 5) is 6.95. The van der Waals surface area contributed by atoms with E-state index in [0.29, 0.717) is 11.8 Å². The van der Waals surface area contributed by atoms with Crippen LogP contribution in [-0.4, -0.2) is 21.4 Å². The molecule has 0 spiro atoms. The second-order valence-electron chi connectivity index (χ2n) is 2.78. The van der Waals surface area contributed by atoms with E-state index in [2.05, 4.69) is 15.1 Å². The van der Waals surface area contributed by atoms with E-state index < -0.39 is 0 Å². The first kappa shape index (κ1) is 6.39. The molecule has 4 nitrogen and oxygen atoms in total. The summed E-state index contributed by atoms with van der Waals surface area (Å²) in [5.74, 6) is 0.897. The molecule has 2 rings (SSSR count). The van der Waals surface area contributed by atoms with Crippen LogP contribution in [0.25, 0.3) is 0 Å². The number of nitrogens with one attached hydrogen (secondary N) is 1. The Hall–Kier alpha value is -1.32. The quantitative estimate of drug-likeness (QED) is 0.376. The van der Waals surface area contributed by atoms with Crippen LogP contribution in [0.5, 0.6) is 0 Å². The zero-order chi connectivity index (χ0) is 7.68. The second kappa shape index (κ2) is 2.38. The number of aromatic amines is 1. The molecule has 2 atom stereocenters. The van der Waals surface area contributed by atoms with Gasteiger partial charge in [-0.05, 0) is 6.42 Å². The molecule has 0 amide bonds. The molecule has 2 unspecified atom stereocenters. The number of hydrogen-bond acceptors (Lipinski definition) is 3. The molecule has 2 N–H and O–H groups in total. The summed E-state index contributed by atoms with van der Waals surface area (Å²) in [5, 5.41) is 11.2. The van der Waals surface area contributed by atoms with E-state index in [1.165, 1.54) is 0 Å². The molecule has 4 heteroatoms. The van der Waals surface area contributed by atoms with Gasteiger partial charge in [0.1, 0.15) is 0 Å². The largest absolute Gasteiger partial charge is 0.411 e. The molecule has 11 heavy (non-hydrogen) atoms. The maximum Gasteiger partial charge on any atom is 0.0921 e. The highest BCUT2D eigenvalue weighted by molar-refractivity contribution is 5.65. The van der Waals surface area contributed by atoms with E-state index in [-0.39, 0.29) is 0 Å². The number of H-pyrrole nitrogens is 1. The first-order valence-corrected chi connectivity index (χ1v) is 3.57. The fourth-order valence-electron chi connectivity index (χ4n) is 1.29. The number of rotatable bonds is 2. The van der Waals surface area contributed by atoms with Crippen LogP contribution in [0.1, 0.15) is 18.0 Å². The summed E-state index contributed by atoms with van der Waals surface area (Å²) in [6, 6.07) is 0. The van der Waals surface area contributed by atoms with E-state index in [0.717, 1.165) is 12.1 Å². The lowest BCUT2D eigenvalue weighted by Gasteiger charge is -1.87. The maximum absolute atomic E-state index is 8.24. The second-order valence-corrected chi connectivity index (χ2v) is 2.78. The van der Waals surface area contributed by atoms with Gasteiger partial charge in [-0.25, -0.2) is 4.98 Å². The third kappa shape index (κ3) is 1.11. The molecule has 1 aliphatic carbocycles. The third-order valence-electron chi connectivity index (χ3n) is 2.02. The number of nitrogens with zero attached hydrogens (tertiary/aromatic N) is 2. The van der Waals surface area contributed by atoms with Crippen molar-refractivity contribution in [3.05, 3.63) is 18.2 Å². The van der Waals surface area contributed by atoms with Gasteiger partial charge < -0.3 is 10.2 Å². The SMILES string of the molecule is O/N=C/C1CC1c1cnc[nH]1. The van der Waals surface area contributed by atoms with Crippen LogP contribution in [0.4, 0.5) is 0 Å². The van der Waals surface area contributed by atoms with E-state index in [9.17, 15) is 0 Å². The summed E-state index contributed by atoms with van der Waals surface area (Å²) in [6.07, 6.45) is 6.12. The normalized spacial score (nSPS) is 29.5. The van der Waals surface area contributed by atoms with Crippen molar-refractivity contribution in [2.24, 2.45) is 11.1 Å². The van der Waals surface area contributed by atoms with Crippen LogP contribution < -0.4 is 0 Å². The minimum Gasteiger partial charge on any atom is -0.411 e.